The summed E-state index contributed by atoms with van der Waals surface area (Å²) in [6.45, 7) is 20.4. The molecule has 18 heteroatoms. The standard InChI is InChI=1S/C64H78N7O9.HI.Po/c1-41(2)33-48(67-60(75)78-40-54-52-26-17-15-24-50(52)51-25-16-18-27-53(51)54)38-71(62(77)80-64(9,10)11)43(5)58(73)68-57(42(3)4)59(74)70(35-45-29-31-47(32-30-45)66-61(76)79-63(6,7)8)37-46-36-69(55-28-20-19-23-49(46)55)39-56(72)65-34-44-21-13-12-14-22-44;;/h13-32,36,41-43,48,54,57H,33-35,37-40H2,1-11H3,(H,65,72)(H,66,76)(H,67,75)(H,68,73);1H;/q;;+1/p-1/t43-,48-,57-;;/m0../s1. The molecule has 7 rings (SSSR count). The van der Waals surface area contributed by atoms with E-state index in [0.29, 0.717) is 18.7 Å². The molecule has 6 aromatic rings. The number of aromatic nitrogens is 1. The summed E-state index contributed by atoms with van der Waals surface area (Å²) in [6.07, 6.45) is 0.301. The van der Waals surface area contributed by atoms with Gasteiger partial charge in [0.2, 0.25) is 11.8 Å². The number of nitrogens with zero attached hydrogens (tertiary/aromatic N) is 3. The number of amides is 6. The molecule has 1 aromatic heterocycles. The zero-order valence-corrected chi connectivity index (χ0v) is 54.2. The first-order chi connectivity index (χ1) is 38.9. The number of carbonyl (C=O) groups is 6. The van der Waals surface area contributed by atoms with E-state index in [1.807, 2.05) is 99.1 Å². The topological polar surface area (TPSA) is 190 Å². The number of fused-ring (bicyclic) bond motifs is 4. The van der Waals surface area contributed by atoms with Gasteiger partial charge in [0.1, 0.15) is 29.9 Å². The van der Waals surface area contributed by atoms with Crippen LogP contribution < -0.4 is 24.5 Å². The summed E-state index contributed by atoms with van der Waals surface area (Å²) in [7, 11) is 0. The molecule has 4 N–H and O–H groups in total. The Kier molecular flexibility index (Phi) is 21.7. The Balaban J connectivity index is 1.12. The van der Waals surface area contributed by atoms with E-state index in [1.54, 1.807) is 65.5 Å². The van der Waals surface area contributed by atoms with Crippen LogP contribution in [0.15, 0.2) is 128 Å². The molecule has 1 heterocycles. The van der Waals surface area contributed by atoms with E-state index in [9.17, 15) is 24.0 Å². The molecular formula is C64H78IN7O9Po. The van der Waals surface area contributed by atoms with Gasteiger partial charge in [-0.25, -0.2) is 14.4 Å². The van der Waals surface area contributed by atoms with Crippen LogP contribution in [0.2, 0.25) is 0 Å². The van der Waals surface area contributed by atoms with E-state index >= 15 is 4.79 Å². The third-order valence-electron chi connectivity index (χ3n) is 13.9. The summed E-state index contributed by atoms with van der Waals surface area (Å²) in [5, 5.41) is 12.7. The van der Waals surface area contributed by atoms with Gasteiger partial charge in [0.25, 0.3) is 0 Å². The minimum Gasteiger partial charge on any atom is -0.449 e. The van der Waals surface area contributed by atoms with Gasteiger partial charge in [-0.2, -0.15) is 0 Å². The van der Waals surface area contributed by atoms with Gasteiger partial charge < -0.3 is 29.7 Å². The molecule has 0 saturated carbocycles. The number of carbonyl (C=O) groups excluding carboxylic acids is 6. The third-order valence-corrected chi connectivity index (χ3v) is 20.1. The first-order valence-electron chi connectivity index (χ1n) is 27.9. The average molecular weight is 1430 g/mol. The van der Waals surface area contributed by atoms with Crippen molar-refractivity contribution in [2.75, 3.05) is 18.5 Å². The molecule has 6 amide bonds. The molecule has 0 saturated heterocycles. The van der Waals surface area contributed by atoms with E-state index in [1.165, 1.54) is 8.12 Å². The predicted octanol–water partition coefficient (Wildman–Crippen LogP) is 11.2. The molecule has 0 unspecified atom stereocenters. The van der Waals surface area contributed by atoms with Crippen LogP contribution >= 0.6 is 18.0 Å². The normalized spacial score (nSPS) is 13.3. The monoisotopic (exact) mass is 1420 g/mol. The number of benzene rings is 5. The van der Waals surface area contributed by atoms with Crippen molar-refractivity contribution < 1.29 is 43.0 Å². The summed E-state index contributed by atoms with van der Waals surface area (Å²) in [6, 6.07) is 36.4. The molecule has 0 spiro atoms. The van der Waals surface area contributed by atoms with Gasteiger partial charge in [0, 0.05) is 24.7 Å². The maximum absolute atomic E-state index is 15.4. The second kappa shape index (κ2) is 28.2. The predicted molar refractivity (Wildman–Crippen MR) is 331 cm³/mol. The molecule has 0 radical (unpaired) electrons. The van der Waals surface area contributed by atoms with Crippen molar-refractivity contribution in [3.05, 3.63) is 155 Å². The summed E-state index contributed by atoms with van der Waals surface area (Å²) in [4.78, 5) is 87.5. The number of rotatable bonds is 22. The van der Waals surface area contributed by atoms with Crippen molar-refractivity contribution >= 4 is 93.1 Å². The number of hydrogen-bond donors (Lipinski definition) is 4. The minimum absolute atomic E-state index is 0.0383. The van der Waals surface area contributed by atoms with Gasteiger partial charge in [-0.3, -0.25) is 19.8 Å². The second-order valence-corrected chi connectivity index (χ2v) is 29.9. The fourth-order valence-corrected chi connectivity index (χ4v) is 13.5. The van der Waals surface area contributed by atoms with E-state index in [4.69, 9.17) is 14.2 Å². The molecule has 1 aliphatic carbocycles. The van der Waals surface area contributed by atoms with Gasteiger partial charge in [0.15, 0.2) is 0 Å². The number of nitrogens with one attached hydrogen (secondary N) is 4. The van der Waals surface area contributed by atoms with E-state index < -0.39 is 84.7 Å². The Hall–Kier alpha value is -6.51. The molecule has 82 heavy (non-hydrogen) atoms. The Morgan fingerprint density at radius 2 is 1.29 bits per heavy atom. The van der Waals surface area contributed by atoms with Crippen LogP contribution in [-0.4, -0.2) is 112 Å². The molecule has 0 fully saturated rings. The fourth-order valence-electron chi connectivity index (χ4n) is 10.0. The number of para-hydroxylation sites is 1. The quantitative estimate of drug-likeness (QED) is 0.0379. The van der Waals surface area contributed by atoms with Crippen molar-refractivity contribution in [1.29, 1.82) is 0 Å². The molecule has 16 nitrogen and oxygen atoms in total. The van der Waals surface area contributed by atoms with Gasteiger partial charge >= 0.3 is 170 Å². The molecule has 3 atom stereocenters. The van der Waals surface area contributed by atoms with Crippen LogP contribution in [0.1, 0.15) is 116 Å². The third kappa shape index (κ3) is 17.5. The number of halogens is 1. The van der Waals surface area contributed by atoms with Gasteiger partial charge in [-0.1, -0.05) is 94.4 Å². The molecule has 1 aliphatic rings. The maximum atomic E-state index is 15.4. The van der Waals surface area contributed by atoms with E-state index in [2.05, 4.69) is 87.7 Å². The van der Waals surface area contributed by atoms with Crippen molar-refractivity contribution in [1.82, 2.24) is 30.3 Å². The number of anilines is 1. The minimum atomic E-state index is -1.18. The van der Waals surface area contributed by atoms with Crippen LogP contribution in [0.3, 0.4) is 0 Å². The molecule has 5 aromatic carbocycles. The number of alkyl carbamates (subject to hydrolysis) is 1. The maximum Gasteiger partial charge on any atom is 0.407 e. The van der Waals surface area contributed by atoms with E-state index in [0.717, 1.165) is 49.8 Å². The summed E-state index contributed by atoms with van der Waals surface area (Å²) >= 11 is 1.93. The van der Waals surface area contributed by atoms with Crippen LogP contribution in [0.5, 0.6) is 0 Å². The largest absolute Gasteiger partial charge is 0.449 e. The zero-order chi connectivity index (χ0) is 59.5. The van der Waals surface area contributed by atoms with Crippen LogP contribution in [0.4, 0.5) is 20.1 Å². The fraction of sp³-hybridized carbons (Fsp3) is 0.406. The average Bonchev–Trinajstić information content (AvgIpc) is 4.17. The van der Waals surface area contributed by atoms with Crippen LogP contribution in [-0.2, 0) is 54.8 Å². The number of hydrogen-bond acceptors (Lipinski definition) is 9. The Morgan fingerprint density at radius 1 is 0.695 bits per heavy atom. The molecular weight excluding hydrogens is 1350 g/mol. The molecule has 0 bridgehead atoms. The SMILES string of the molecule is CC(C)C[C@@H](CN(C(=O)OC(C)(C)C)[C@@H](C)C(=O)N[C@H](C(=O)N(Cc1ccc(NC(=O)OC(C)(C)C)cc1)Cc1cn(CC(=O)NCc2cc[c]([Po][I])cc2)c2ccccc12)C(C)C)NC(=O)OCC1c2ccccc2-c2ccccc21. The van der Waals surface area contributed by atoms with Crippen molar-refractivity contribution in [3.8, 4) is 11.1 Å². The summed E-state index contributed by atoms with van der Waals surface area (Å²) < 4.78 is 20.6. The smallest absolute Gasteiger partial charge is 0.407 e. The summed E-state index contributed by atoms with van der Waals surface area (Å²) in [5.74, 6) is -1.70. The molecule has 436 valence electrons. The summed E-state index contributed by atoms with van der Waals surface area (Å²) in [5.41, 5.74) is 6.55. The first kappa shape index (κ1) is 63.1. The van der Waals surface area contributed by atoms with Gasteiger partial charge in [-0.15, -0.1) is 0 Å². The van der Waals surface area contributed by atoms with Crippen LogP contribution in [0, 0.1) is 11.8 Å². The second-order valence-electron chi connectivity index (χ2n) is 23.7. The number of ether oxygens (including phenoxy) is 3. The van der Waals surface area contributed by atoms with Crippen molar-refractivity contribution in [3.63, 3.8) is 0 Å². The van der Waals surface area contributed by atoms with Crippen LogP contribution in [0.25, 0.3) is 22.0 Å². The first-order valence-corrected chi connectivity index (χ1v) is 38.4. The van der Waals surface area contributed by atoms with Crippen molar-refractivity contribution in [2.45, 2.75) is 144 Å². The van der Waals surface area contributed by atoms with Crippen molar-refractivity contribution in [2.24, 2.45) is 11.8 Å². The Bertz CT molecular complexity index is 3160. The van der Waals surface area contributed by atoms with Gasteiger partial charge in [0.05, 0.1) is 6.04 Å². The molecule has 0 aliphatic heterocycles. The zero-order valence-electron chi connectivity index (χ0n) is 48.8. The van der Waals surface area contributed by atoms with Gasteiger partial charge in [-0.05, 0) is 107 Å². The Morgan fingerprint density at radius 3 is 1.89 bits per heavy atom. The Labute approximate surface area is 503 Å². The van der Waals surface area contributed by atoms with E-state index in [-0.39, 0.29) is 50.5 Å².